The SMILES string of the molecule is CC(Cn1cc([N+](=O)[O-])cn1)N1CCOCC1. The van der Waals surface area contributed by atoms with Gasteiger partial charge in [0.05, 0.1) is 24.7 Å². The summed E-state index contributed by atoms with van der Waals surface area (Å²) in [5.41, 5.74) is 0.0409. The largest absolute Gasteiger partial charge is 0.379 e. The van der Waals surface area contributed by atoms with Gasteiger partial charge in [0.2, 0.25) is 0 Å². The molecule has 94 valence electrons. The number of morpholine rings is 1. The Hall–Kier alpha value is -1.47. The summed E-state index contributed by atoms with van der Waals surface area (Å²) in [6.45, 7) is 6.08. The fourth-order valence-electron chi connectivity index (χ4n) is 1.95. The van der Waals surface area contributed by atoms with Gasteiger partial charge in [-0.15, -0.1) is 0 Å². The summed E-state index contributed by atoms with van der Waals surface area (Å²) < 4.78 is 6.91. The molecule has 7 heteroatoms. The Morgan fingerprint density at radius 3 is 2.88 bits per heavy atom. The highest BCUT2D eigenvalue weighted by atomic mass is 16.6. The number of rotatable bonds is 4. The molecule has 0 N–H and O–H groups in total. The lowest BCUT2D eigenvalue weighted by Crippen LogP contribution is -2.43. The van der Waals surface area contributed by atoms with Crippen LogP contribution in [-0.4, -0.2) is 51.9 Å². The molecule has 1 aliphatic rings. The van der Waals surface area contributed by atoms with Gasteiger partial charge < -0.3 is 4.74 Å². The Balaban J connectivity index is 1.92. The zero-order chi connectivity index (χ0) is 12.3. The first-order valence-electron chi connectivity index (χ1n) is 5.65. The van der Waals surface area contributed by atoms with Crippen LogP contribution in [0.2, 0.25) is 0 Å². The Morgan fingerprint density at radius 1 is 1.59 bits per heavy atom. The normalized spacial score (nSPS) is 19.1. The molecule has 1 aromatic rings. The van der Waals surface area contributed by atoms with Gasteiger partial charge >= 0.3 is 5.69 Å². The van der Waals surface area contributed by atoms with E-state index < -0.39 is 4.92 Å². The average Bonchev–Trinajstić information content (AvgIpc) is 2.79. The molecule has 2 rings (SSSR count). The lowest BCUT2D eigenvalue weighted by Gasteiger charge is -2.32. The third kappa shape index (κ3) is 3.01. The van der Waals surface area contributed by atoms with Gasteiger partial charge in [0.15, 0.2) is 0 Å². The number of nitrogens with zero attached hydrogens (tertiary/aromatic N) is 4. The topological polar surface area (TPSA) is 73.4 Å². The summed E-state index contributed by atoms with van der Waals surface area (Å²) in [6.07, 6.45) is 2.75. The third-order valence-corrected chi connectivity index (χ3v) is 2.95. The first-order valence-corrected chi connectivity index (χ1v) is 5.65. The van der Waals surface area contributed by atoms with Gasteiger partial charge in [-0.3, -0.25) is 19.7 Å². The van der Waals surface area contributed by atoms with Gasteiger partial charge in [-0.1, -0.05) is 0 Å². The molecule has 7 nitrogen and oxygen atoms in total. The van der Waals surface area contributed by atoms with Crippen LogP contribution in [0.15, 0.2) is 12.4 Å². The Morgan fingerprint density at radius 2 is 2.29 bits per heavy atom. The zero-order valence-electron chi connectivity index (χ0n) is 9.78. The number of aromatic nitrogens is 2. The molecule has 0 spiro atoms. The van der Waals surface area contributed by atoms with Crippen LogP contribution >= 0.6 is 0 Å². The molecule has 0 saturated carbocycles. The lowest BCUT2D eigenvalue weighted by atomic mass is 10.2. The highest BCUT2D eigenvalue weighted by Gasteiger charge is 2.18. The van der Waals surface area contributed by atoms with E-state index >= 15 is 0 Å². The maximum Gasteiger partial charge on any atom is 0.306 e. The molecule has 1 saturated heterocycles. The van der Waals surface area contributed by atoms with Crippen LogP contribution in [0.5, 0.6) is 0 Å². The minimum Gasteiger partial charge on any atom is -0.379 e. The highest BCUT2D eigenvalue weighted by molar-refractivity contribution is 5.20. The molecule has 17 heavy (non-hydrogen) atoms. The van der Waals surface area contributed by atoms with Gasteiger partial charge in [0, 0.05) is 19.1 Å². The molecule has 1 atom stereocenters. The van der Waals surface area contributed by atoms with Gasteiger partial charge in [-0.2, -0.15) is 5.10 Å². The molecule has 1 aliphatic heterocycles. The van der Waals surface area contributed by atoms with Crippen LogP contribution in [0.4, 0.5) is 5.69 Å². The second kappa shape index (κ2) is 5.24. The Labute approximate surface area is 99.1 Å². The van der Waals surface area contributed by atoms with Gasteiger partial charge in [0.1, 0.15) is 12.4 Å². The van der Waals surface area contributed by atoms with Crippen molar-refractivity contribution in [3.63, 3.8) is 0 Å². The quantitative estimate of drug-likeness (QED) is 0.566. The van der Waals surface area contributed by atoms with E-state index in [1.807, 2.05) is 0 Å². The molecule has 0 aromatic carbocycles. The van der Waals surface area contributed by atoms with Crippen molar-refractivity contribution < 1.29 is 9.66 Å². The average molecular weight is 240 g/mol. The van der Waals surface area contributed by atoms with E-state index in [0.717, 1.165) is 26.3 Å². The summed E-state index contributed by atoms with van der Waals surface area (Å²) in [5, 5.41) is 14.5. The molecule has 1 aromatic heterocycles. The molecule has 2 heterocycles. The van der Waals surface area contributed by atoms with Crippen molar-refractivity contribution in [3.05, 3.63) is 22.5 Å². The van der Waals surface area contributed by atoms with Gasteiger partial charge in [-0.05, 0) is 6.92 Å². The van der Waals surface area contributed by atoms with Crippen molar-refractivity contribution in [2.75, 3.05) is 26.3 Å². The zero-order valence-corrected chi connectivity index (χ0v) is 9.78. The first-order chi connectivity index (χ1) is 8.16. The van der Waals surface area contributed by atoms with Gasteiger partial charge in [0.25, 0.3) is 0 Å². The molecule has 0 amide bonds. The fourth-order valence-corrected chi connectivity index (χ4v) is 1.95. The van der Waals surface area contributed by atoms with E-state index in [9.17, 15) is 10.1 Å². The van der Waals surface area contributed by atoms with E-state index in [1.165, 1.54) is 12.4 Å². The van der Waals surface area contributed by atoms with E-state index in [-0.39, 0.29) is 5.69 Å². The maximum absolute atomic E-state index is 10.5. The molecule has 1 unspecified atom stereocenters. The molecule has 0 radical (unpaired) electrons. The van der Waals surface area contributed by atoms with Crippen molar-refractivity contribution in [1.82, 2.24) is 14.7 Å². The van der Waals surface area contributed by atoms with Crippen LogP contribution in [0.3, 0.4) is 0 Å². The molecular formula is C10H16N4O3. The summed E-state index contributed by atoms with van der Waals surface area (Å²) in [7, 11) is 0. The van der Waals surface area contributed by atoms with Crippen molar-refractivity contribution in [1.29, 1.82) is 0 Å². The summed E-state index contributed by atoms with van der Waals surface area (Å²) in [6, 6.07) is 0.304. The standard InChI is InChI=1S/C10H16N4O3/c1-9(12-2-4-17-5-3-12)7-13-8-10(6-11-13)14(15)16/h6,8-9H,2-5,7H2,1H3. The van der Waals surface area contributed by atoms with Crippen molar-refractivity contribution >= 4 is 5.69 Å². The Kier molecular flexibility index (Phi) is 3.70. The predicted octanol–water partition coefficient (Wildman–Crippen LogP) is 0.512. The molecule has 0 aliphatic carbocycles. The van der Waals surface area contributed by atoms with E-state index in [2.05, 4.69) is 16.9 Å². The smallest absolute Gasteiger partial charge is 0.306 e. The van der Waals surface area contributed by atoms with Gasteiger partial charge in [-0.25, -0.2) is 0 Å². The summed E-state index contributed by atoms with van der Waals surface area (Å²) in [4.78, 5) is 12.4. The number of hydrogen-bond acceptors (Lipinski definition) is 5. The fraction of sp³-hybridized carbons (Fsp3) is 0.700. The number of hydrogen-bond donors (Lipinski definition) is 0. The van der Waals surface area contributed by atoms with Crippen molar-refractivity contribution in [2.45, 2.75) is 19.5 Å². The molecular weight excluding hydrogens is 224 g/mol. The van der Waals surface area contributed by atoms with Crippen LogP contribution < -0.4 is 0 Å². The van der Waals surface area contributed by atoms with Crippen molar-refractivity contribution in [3.8, 4) is 0 Å². The Bertz CT molecular complexity index is 387. The highest BCUT2D eigenvalue weighted by Crippen LogP contribution is 2.10. The molecule has 1 fully saturated rings. The van der Waals surface area contributed by atoms with E-state index in [1.54, 1.807) is 4.68 Å². The number of nitro groups is 1. The first kappa shape index (κ1) is 12.0. The minimum absolute atomic E-state index is 0.0409. The lowest BCUT2D eigenvalue weighted by molar-refractivity contribution is -0.385. The second-order valence-electron chi connectivity index (χ2n) is 4.18. The minimum atomic E-state index is -0.428. The van der Waals surface area contributed by atoms with Crippen LogP contribution in [0.25, 0.3) is 0 Å². The monoisotopic (exact) mass is 240 g/mol. The second-order valence-corrected chi connectivity index (χ2v) is 4.18. The third-order valence-electron chi connectivity index (χ3n) is 2.95. The van der Waals surface area contributed by atoms with Crippen LogP contribution in [-0.2, 0) is 11.3 Å². The van der Waals surface area contributed by atoms with Crippen molar-refractivity contribution in [2.24, 2.45) is 0 Å². The van der Waals surface area contributed by atoms with Crippen LogP contribution in [0, 0.1) is 10.1 Å². The van der Waals surface area contributed by atoms with E-state index in [4.69, 9.17) is 4.74 Å². The number of ether oxygens (including phenoxy) is 1. The summed E-state index contributed by atoms with van der Waals surface area (Å²) >= 11 is 0. The summed E-state index contributed by atoms with van der Waals surface area (Å²) in [5.74, 6) is 0. The molecule has 0 bridgehead atoms. The van der Waals surface area contributed by atoms with Crippen LogP contribution in [0.1, 0.15) is 6.92 Å². The van der Waals surface area contributed by atoms with E-state index in [0.29, 0.717) is 12.6 Å². The maximum atomic E-state index is 10.5. The predicted molar refractivity (Wildman–Crippen MR) is 60.7 cm³/mol.